The van der Waals surface area contributed by atoms with E-state index in [9.17, 15) is 9.50 Å². The van der Waals surface area contributed by atoms with Gasteiger partial charge in [0.05, 0.1) is 6.10 Å². The van der Waals surface area contributed by atoms with E-state index in [1.807, 2.05) is 6.92 Å². The Morgan fingerprint density at radius 2 is 2.00 bits per heavy atom. The van der Waals surface area contributed by atoms with Crippen molar-refractivity contribution in [3.8, 4) is 5.75 Å². The van der Waals surface area contributed by atoms with E-state index in [1.165, 1.54) is 12.1 Å². The van der Waals surface area contributed by atoms with Crippen molar-refractivity contribution in [3.63, 3.8) is 0 Å². The van der Waals surface area contributed by atoms with Crippen molar-refractivity contribution in [2.24, 2.45) is 0 Å². The van der Waals surface area contributed by atoms with Gasteiger partial charge in [-0.3, -0.25) is 0 Å². The van der Waals surface area contributed by atoms with Crippen molar-refractivity contribution in [2.75, 3.05) is 0 Å². The summed E-state index contributed by atoms with van der Waals surface area (Å²) in [6.07, 6.45) is -0.481. The molecule has 2 aromatic carbocycles. The normalized spacial score (nSPS) is 21.2. The van der Waals surface area contributed by atoms with E-state index >= 15 is 0 Å². The van der Waals surface area contributed by atoms with E-state index in [0.29, 0.717) is 22.8 Å². The third kappa shape index (κ3) is 2.39. The summed E-state index contributed by atoms with van der Waals surface area (Å²) in [5.41, 5.74) is 2.42. The number of ether oxygens (including phenoxy) is 1. The second-order valence-corrected chi connectivity index (χ2v) is 5.48. The molecule has 1 N–H and O–H groups in total. The molecule has 0 amide bonds. The van der Waals surface area contributed by atoms with E-state index in [4.69, 9.17) is 16.3 Å². The topological polar surface area (TPSA) is 29.5 Å². The molecule has 2 atom stereocenters. The molecule has 1 heterocycles. The number of rotatable bonds is 1. The van der Waals surface area contributed by atoms with Crippen molar-refractivity contribution >= 4 is 11.6 Å². The zero-order valence-corrected chi connectivity index (χ0v) is 11.7. The summed E-state index contributed by atoms with van der Waals surface area (Å²) in [5, 5.41) is 10.8. The van der Waals surface area contributed by atoms with Crippen molar-refractivity contribution in [1.82, 2.24) is 0 Å². The van der Waals surface area contributed by atoms with Gasteiger partial charge in [0.25, 0.3) is 0 Å². The van der Waals surface area contributed by atoms with Crippen LogP contribution in [0.4, 0.5) is 4.39 Å². The molecule has 2 unspecified atom stereocenters. The van der Waals surface area contributed by atoms with Gasteiger partial charge in [-0.05, 0) is 48.4 Å². The minimum absolute atomic E-state index is 0.269. The minimum Gasteiger partial charge on any atom is -0.485 e. The van der Waals surface area contributed by atoms with Crippen LogP contribution in [0.3, 0.4) is 0 Å². The third-order valence-electron chi connectivity index (χ3n) is 3.62. The molecule has 4 heteroatoms. The summed E-state index contributed by atoms with van der Waals surface area (Å²) in [4.78, 5) is 0. The first-order chi connectivity index (χ1) is 9.54. The summed E-state index contributed by atoms with van der Waals surface area (Å²) in [6, 6.07) is 9.80. The number of fused-ring (bicyclic) bond motifs is 1. The van der Waals surface area contributed by atoms with Gasteiger partial charge >= 0.3 is 0 Å². The Labute approximate surface area is 121 Å². The first-order valence-corrected chi connectivity index (χ1v) is 6.82. The van der Waals surface area contributed by atoms with E-state index in [0.717, 1.165) is 11.1 Å². The maximum absolute atomic E-state index is 13.2. The fraction of sp³-hybridized carbons (Fsp3) is 0.250. The van der Waals surface area contributed by atoms with E-state index in [2.05, 4.69) is 0 Å². The van der Waals surface area contributed by atoms with Crippen LogP contribution >= 0.6 is 11.6 Å². The highest BCUT2D eigenvalue weighted by atomic mass is 35.5. The molecule has 0 radical (unpaired) electrons. The van der Waals surface area contributed by atoms with E-state index < -0.39 is 6.10 Å². The number of benzene rings is 2. The van der Waals surface area contributed by atoms with Gasteiger partial charge in [-0.2, -0.15) is 0 Å². The Bertz CT molecular complexity index is 657. The molecule has 1 aliphatic rings. The van der Waals surface area contributed by atoms with Crippen molar-refractivity contribution < 1.29 is 14.2 Å². The molecule has 2 aromatic rings. The van der Waals surface area contributed by atoms with Crippen LogP contribution in [0.5, 0.6) is 5.75 Å². The highest BCUT2D eigenvalue weighted by molar-refractivity contribution is 6.30. The predicted molar refractivity (Wildman–Crippen MR) is 75.5 cm³/mol. The molecule has 3 rings (SSSR count). The second-order valence-electron chi connectivity index (χ2n) is 5.04. The van der Waals surface area contributed by atoms with Crippen molar-refractivity contribution in [1.29, 1.82) is 0 Å². The largest absolute Gasteiger partial charge is 0.485 e. The van der Waals surface area contributed by atoms with E-state index in [1.54, 1.807) is 24.3 Å². The molecule has 0 spiro atoms. The van der Waals surface area contributed by atoms with Gasteiger partial charge in [0.1, 0.15) is 17.7 Å². The van der Waals surface area contributed by atoms with Crippen LogP contribution in [0, 0.1) is 12.7 Å². The van der Waals surface area contributed by atoms with Gasteiger partial charge in [0.15, 0.2) is 0 Å². The average molecular weight is 293 g/mol. The number of halogens is 2. The Hall–Kier alpha value is -1.58. The molecular weight excluding hydrogens is 279 g/mol. The SMILES string of the molecule is Cc1cc(F)ccc1C1CC(O)c2cc(Cl)ccc2O1. The molecule has 0 saturated carbocycles. The molecule has 2 nitrogen and oxygen atoms in total. The quantitative estimate of drug-likeness (QED) is 0.847. The van der Waals surface area contributed by atoms with Gasteiger partial charge in [0, 0.05) is 17.0 Å². The molecular formula is C16H14ClFO2. The number of aryl methyl sites for hydroxylation is 1. The van der Waals surface area contributed by atoms with Gasteiger partial charge in [-0.15, -0.1) is 0 Å². The summed E-state index contributed by atoms with van der Waals surface area (Å²) in [7, 11) is 0. The monoisotopic (exact) mass is 292 g/mol. The lowest BCUT2D eigenvalue weighted by Crippen LogP contribution is -2.19. The van der Waals surface area contributed by atoms with Crippen LogP contribution in [0.1, 0.15) is 35.3 Å². The Balaban J connectivity index is 1.97. The lowest BCUT2D eigenvalue weighted by Gasteiger charge is -2.30. The zero-order chi connectivity index (χ0) is 14.3. The maximum Gasteiger partial charge on any atom is 0.127 e. The highest BCUT2D eigenvalue weighted by Crippen LogP contribution is 2.42. The fourth-order valence-corrected chi connectivity index (χ4v) is 2.79. The molecule has 0 bridgehead atoms. The number of aliphatic hydroxyl groups is 1. The smallest absolute Gasteiger partial charge is 0.127 e. The minimum atomic E-state index is -0.632. The first kappa shape index (κ1) is 13.4. The number of hydrogen-bond acceptors (Lipinski definition) is 2. The molecule has 0 saturated heterocycles. The molecule has 104 valence electrons. The van der Waals surface area contributed by atoms with Crippen LogP contribution in [-0.4, -0.2) is 5.11 Å². The predicted octanol–water partition coefficient (Wildman–Crippen LogP) is 4.34. The summed E-state index contributed by atoms with van der Waals surface area (Å²) >= 11 is 5.93. The standard InChI is InChI=1S/C16H14ClFO2/c1-9-6-11(18)3-4-12(9)16-8-14(19)13-7-10(17)2-5-15(13)20-16/h2-7,14,16,19H,8H2,1H3. The summed E-state index contributed by atoms with van der Waals surface area (Å²) in [6.45, 7) is 1.84. The number of hydrogen-bond donors (Lipinski definition) is 1. The average Bonchev–Trinajstić information content (AvgIpc) is 2.39. The van der Waals surface area contributed by atoms with Gasteiger partial charge in [0.2, 0.25) is 0 Å². The maximum atomic E-state index is 13.2. The van der Waals surface area contributed by atoms with Crippen LogP contribution in [0.2, 0.25) is 5.02 Å². The van der Waals surface area contributed by atoms with Crippen molar-refractivity contribution in [2.45, 2.75) is 25.6 Å². The molecule has 0 fully saturated rings. The van der Waals surface area contributed by atoms with Gasteiger partial charge in [-0.1, -0.05) is 17.7 Å². The molecule has 0 aliphatic carbocycles. The number of aliphatic hydroxyl groups excluding tert-OH is 1. The molecule has 0 aromatic heterocycles. The van der Waals surface area contributed by atoms with E-state index in [-0.39, 0.29) is 11.9 Å². The zero-order valence-electron chi connectivity index (χ0n) is 10.9. The van der Waals surface area contributed by atoms with Crippen molar-refractivity contribution in [3.05, 3.63) is 63.9 Å². The molecule has 1 aliphatic heterocycles. The van der Waals surface area contributed by atoms with Gasteiger partial charge < -0.3 is 9.84 Å². The first-order valence-electron chi connectivity index (χ1n) is 6.45. The van der Waals surface area contributed by atoms with Crippen LogP contribution in [0.25, 0.3) is 0 Å². The summed E-state index contributed by atoms with van der Waals surface area (Å²) < 4.78 is 19.1. The molecule has 20 heavy (non-hydrogen) atoms. The van der Waals surface area contributed by atoms with Crippen LogP contribution in [0.15, 0.2) is 36.4 Å². The Kier molecular flexibility index (Phi) is 3.40. The highest BCUT2D eigenvalue weighted by Gasteiger charge is 2.29. The van der Waals surface area contributed by atoms with Crippen LogP contribution < -0.4 is 4.74 Å². The third-order valence-corrected chi connectivity index (χ3v) is 3.85. The Morgan fingerprint density at radius 3 is 2.75 bits per heavy atom. The lowest BCUT2D eigenvalue weighted by molar-refractivity contribution is 0.0654. The lowest BCUT2D eigenvalue weighted by atomic mass is 9.93. The fourth-order valence-electron chi connectivity index (χ4n) is 2.61. The second kappa shape index (κ2) is 5.08. The Morgan fingerprint density at radius 1 is 1.20 bits per heavy atom. The van der Waals surface area contributed by atoms with Gasteiger partial charge in [-0.25, -0.2) is 4.39 Å². The summed E-state index contributed by atoms with van der Waals surface area (Å²) in [5.74, 6) is 0.358. The van der Waals surface area contributed by atoms with Crippen LogP contribution in [-0.2, 0) is 0 Å².